The second-order valence-electron chi connectivity index (χ2n) is 7.01. The van der Waals surface area contributed by atoms with Gasteiger partial charge in [0.1, 0.15) is 0 Å². The Morgan fingerprint density at radius 2 is 1.91 bits per heavy atom. The predicted octanol–water partition coefficient (Wildman–Crippen LogP) is 0.895. The number of nitrogens with one attached hydrogen (secondary N) is 1. The number of anilines is 1. The van der Waals surface area contributed by atoms with Crippen LogP contribution in [0.4, 0.5) is 5.69 Å². The predicted molar refractivity (Wildman–Crippen MR) is 86.1 cm³/mol. The molecule has 5 nitrogen and oxygen atoms in total. The van der Waals surface area contributed by atoms with Crippen molar-refractivity contribution in [3.63, 3.8) is 0 Å². The van der Waals surface area contributed by atoms with Crippen LogP contribution >= 0.6 is 0 Å². The molecule has 0 bridgehead atoms. The number of benzene rings is 1. The van der Waals surface area contributed by atoms with E-state index in [-0.39, 0.29) is 5.91 Å². The Morgan fingerprint density at radius 3 is 2.65 bits per heavy atom. The van der Waals surface area contributed by atoms with E-state index in [4.69, 9.17) is 9.47 Å². The first kappa shape index (κ1) is 15.1. The number of carbonyl (C=O) groups is 1. The van der Waals surface area contributed by atoms with E-state index in [1.54, 1.807) is 0 Å². The van der Waals surface area contributed by atoms with Crippen LogP contribution in [0.5, 0.6) is 0 Å². The third-order valence-electron chi connectivity index (χ3n) is 5.34. The van der Waals surface area contributed by atoms with Crippen LogP contribution in [0.3, 0.4) is 0 Å². The van der Waals surface area contributed by atoms with Gasteiger partial charge < -0.3 is 14.4 Å². The minimum absolute atomic E-state index is 0.0514. The quantitative estimate of drug-likeness (QED) is 0.881. The van der Waals surface area contributed by atoms with E-state index >= 15 is 0 Å². The zero-order valence-electron chi connectivity index (χ0n) is 13.7. The molecule has 1 amide bonds. The molecule has 0 radical (unpaired) electrons. The summed E-state index contributed by atoms with van der Waals surface area (Å²) in [5, 5.41) is 0. The van der Waals surface area contributed by atoms with Crippen molar-refractivity contribution in [3.05, 3.63) is 29.8 Å². The molecule has 5 heteroatoms. The normalized spacial score (nSPS) is 29.8. The van der Waals surface area contributed by atoms with Crippen LogP contribution in [0.2, 0.25) is 0 Å². The van der Waals surface area contributed by atoms with E-state index in [9.17, 15) is 4.79 Å². The summed E-state index contributed by atoms with van der Waals surface area (Å²) in [4.78, 5) is 16.5. The average Bonchev–Trinajstić information content (AvgIpc) is 2.81. The fraction of sp³-hybridized carbons (Fsp3) is 0.611. The van der Waals surface area contributed by atoms with Crippen LogP contribution in [0.1, 0.15) is 31.7 Å². The first-order valence-electron chi connectivity index (χ1n) is 8.74. The molecule has 0 unspecified atom stereocenters. The molecule has 0 aromatic heterocycles. The van der Waals surface area contributed by atoms with E-state index in [0.717, 1.165) is 36.7 Å². The molecule has 2 fully saturated rings. The van der Waals surface area contributed by atoms with Crippen LogP contribution in [0.25, 0.3) is 0 Å². The zero-order chi connectivity index (χ0) is 15.9. The number of rotatable bonds is 2. The molecule has 1 spiro atoms. The highest BCUT2D eigenvalue weighted by Gasteiger charge is 2.55. The second kappa shape index (κ2) is 5.89. The van der Waals surface area contributed by atoms with Gasteiger partial charge in [-0.15, -0.1) is 0 Å². The van der Waals surface area contributed by atoms with Crippen molar-refractivity contribution in [2.24, 2.45) is 5.92 Å². The summed E-state index contributed by atoms with van der Waals surface area (Å²) in [6.07, 6.45) is 3.31. The van der Waals surface area contributed by atoms with Crippen molar-refractivity contribution in [3.8, 4) is 0 Å². The Morgan fingerprint density at radius 1 is 1.22 bits per heavy atom. The smallest absolute Gasteiger partial charge is 0.296 e. The second-order valence-corrected chi connectivity index (χ2v) is 7.01. The third-order valence-corrected chi connectivity index (χ3v) is 5.34. The van der Waals surface area contributed by atoms with Gasteiger partial charge in [0.05, 0.1) is 32.0 Å². The lowest BCUT2D eigenvalue weighted by Gasteiger charge is -2.34. The Kier molecular flexibility index (Phi) is 3.87. The van der Waals surface area contributed by atoms with Crippen LogP contribution in [0.15, 0.2) is 24.3 Å². The maximum atomic E-state index is 13.1. The van der Waals surface area contributed by atoms with Crippen molar-refractivity contribution in [1.82, 2.24) is 0 Å². The molecule has 0 saturated carbocycles. The highest BCUT2D eigenvalue weighted by atomic mass is 16.7. The molecule has 2 saturated heterocycles. The Bertz CT molecular complexity index is 590. The first-order valence-corrected chi connectivity index (χ1v) is 8.74. The molecule has 4 rings (SSSR count). The maximum absolute atomic E-state index is 13.1. The van der Waals surface area contributed by atoms with Gasteiger partial charge in [-0.2, -0.15) is 0 Å². The molecular weight excluding hydrogens is 292 g/mol. The topological polar surface area (TPSA) is 43.2 Å². The number of fused-ring (bicyclic) bond motifs is 2. The Balaban J connectivity index is 1.62. The molecule has 124 valence electrons. The summed E-state index contributed by atoms with van der Waals surface area (Å²) in [7, 11) is 0. The lowest BCUT2D eigenvalue weighted by Crippen LogP contribution is -3.14. The number of carbonyl (C=O) groups excluding carboxylic acids is 1. The van der Waals surface area contributed by atoms with Crippen LogP contribution in [0, 0.1) is 5.92 Å². The number of para-hydroxylation sites is 1. The highest BCUT2D eigenvalue weighted by Crippen LogP contribution is 2.44. The number of amides is 1. The Hall–Kier alpha value is -1.43. The van der Waals surface area contributed by atoms with Gasteiger partial charge in [0.2, 0.25) is 0 Å². The lowest BCUT2D eigenvalue weighted by atomic mass is 10.00. The molecule has 3 heterocycles. The number of quaternary nitrogens is 1. The summed E-state index contributed by atoms with van der Waals surface area (Å²) >= 11 is 0. The van der Waals surface area contributed by atoms with Crippen LogP contribution in [-0.2, 0) is 20.1 Å². The number of hydrogen-bond donors (Lipinski definition) is 1. The van der Waals surface area contributed by atoms with Gasteiger partial charge in [-0.25, -0.2) is 0 Å². The van der Waals surface area contributed by atoms with Crippen LogP contribution in [-0.4, -0.2) is 38.9 Å². The minimum Gasteiger partial charge on any atom is -0.338 e. The van der Waals surface area contributed by atoms with Gasteiger partial charge in [0.25, 0.3) is 11.7 Å². The number of piperidine rings is 1. The van der Waals surface area contributed by atoms with E-state index < -0.39 is 5.79 Å². The fourth-order valence-electron chi connectivity index (χ4n) is 3.91. The van der Waals surface area contributed by atoms with E-state index in [1.165, 1.54) is 17.7 Å². The summed E-state index contributed by atoms with van der Waals surface area (Å²) in [5.74, 6) is -0.446. The molecule has 0 atom stereocenters. The minimum atomic E-state index is -1.20. The standard InChI is InChI=1S/C18H24N2O3/c1-14-7-9-19(10-8-14)13-20-16-6-3-2-5-15(16)18(17(20)21)22-11-4-12-23-18/h2-3,5-6,14H,4,7-13H2,1H3/p+1. The van der Waals surface area contributed by atoms with Gasteiger partial charge >= 0.3 is 0 Å². The molecule has 1 N–H and O–H groups in total. The molecule has 1 aromatic rings. The Labute approximate surface area is 137 Å². The van der Waals surface area contributed by atoms with Crippen molar-refractivity contribution >= 4 is 11.6 Å². The third kappa shape index (κ3) is 2.47. The van der Waals surface area contributed by atoms with Crippen molar-refractivity contribution in [2.75, 3.05) is 37.9 Å². The number of hydrogen-bond acceptors (Lipinski definition) is 3. The van der Waals surface area contributed by atoms with E-state index in [2.05, 4.69) is 6.92 Å². The summed E-state index contributed by atoms with van der Waals surface area (Å²) in [6.45, 7) is 6.41. The van der Waals surface area contributed by atoms with E-state index in [1.807, 2.05) is 29.2 Å². The molecule has 3 aliphatic heterocycles. The van der Waals surface area contributed by atoms with Gasteiger partial charge in [-0.05, 0) is 31.2 Å². The molecule has 0 aliphatic carbocycles. The maximum Gasteiger partial charge on any atom is 0.296 e. The molecular formula is C18H25N2O3+. The number of ether oxygens (including phenoxy) is 2. The molecule has 1 aromatic carbocycles. The van der Waals surface area contributed by atoms with Crippen molar-refractivity contribution in [2.45, 2.75) is 32.0 Å². The number of likely N-dealkylation sites (tertiary alicyclic amines) is 1. The summed E-state index contributed by atoms with van der Waals surface area (Å²) in [5.41, 5.74) is 1.82. The monoisotopic (exact) mass is 317 g/mol. The SMILES string of the molecule is CC1CC[NH+](CN2C(=O)C3(OCCCO3)c3ccccc32)CC1. The van der Waals surface area contributed by atoms with Crippen molar-refractivity contribution < 1.29 is 19.2 Å². The van der Waals surface area contributed by atoms with Gasteiger partial charge in [-0.3, -0.25) is 9.69 Å². The van der Waals surface area contributed by atoms with Gasteiger partial charge in [0.15, 0.2) is 6.67 Å². The molecule has 23 heavy (non-hydrogen) atoms. The van der Waals surface area contributed by atoms with Gasteiger partial charge in [0, 0.05) is 5.56 Å². The zero-order valence-corrected chi connectivity index (χ0v) is 13.7. The number of nitrogens with zero attached hydrogens (tertiary/aromatic N) is 1. The van der Waals surface area contributed by atoms with Crippen LogP contribution < -0.4 is 9.80 Å². The first-order chi connectivity index (χ1) is 11.2. The molecule has 3 aliphatic rings. The average molecular weight is 317 g/mol. The summed E-state index contributed by atoms with van der Waals surface area (Å²) < 4.78 is 11.8. The lowest BCUT2D eigenvalue weighted by molar-refractivity contribution is -0.904. The largest absolute Gasteiger partial charge is 0.338 e. The fourth-order valence-corrected chi connectivity index (χ4v) is 3.91. The summed E-state index contributed by atoms with van der Waals surface area (Å²) in [6, 6.07) is 7.91. The van der Waals surface area contributed by atoms with E-state index in [0.29, 0.717) is 19.9 Å². The van der Waals surface area contributed by atoms with Gasteiger partial charge in [-0.1, -0.05) is 25.1 Å². The highest BCUT2D eigenvalue weighted by molar-refractivity contribution is 6.05. The van der Waals surface area contributed by atoms with Crippen molar-refractivity contribution in [1.29, 1.82) is 0 Å².